The lowest BCUT2D eigenvalue weighted by molar-refractivity contribution is 0.0518. The summed E-state index contributed by atoms with van der Waals surface area (Å²) in [4.78, 5) is 0. The minimum atomic E-state index is -0.0931. The molecule has 2 N–H and O–H groups in total. The molecule has 0 saturated heterocycles. The van der Waals surface area contributed by atoms with Crippen LogP contribution in [0.2, 0.25) is 0 Å². The first-order valence-corrected chi connectivity index (χ1v) is 6.97. The number of phenols is 2. The molecule has 3 nitrogen and oxygen atoms in total. The lowest BCUT2D eigenvalue weighted by Crippen LogP contribution is -2.03. The molecule has 2 atom stereocenters. The zero-order valence-corrected chi connectivity index (χ0v) is 12.1. The summed E-state index contributed by atoms with van der Waals surface area (Å²) in [6.07, 6.45) is -0.186. The van der Waals surface area contributed by atoms with E-state index in [0.717, 1.165) is 11.1 Å². The second kappa shape index (κ2) is 5.26. The molecule has 0 aliphatic carbocycles. The summed E-state index contributed by atoms with van der Waals surface area (Å²) in [5.74, 6) is 0.510. The van der Waals surface area contributed by atoms with Gasteiger partial charge in [0.2, 0.25) is 0 Å². The highest BCUT2D eigenvalue weighted by Crippen LogP contribution is 2.45. The summed E-state index contributed by atoms with van der Waals surface area (Å²) in [6.45, 7) is 4.15. The number of hydrogen-bond acceptors (Lipinski definition) is 3. The lowest BCUT2D eigenvalue weighted by Gasteiger charge is -2.17. The zero-order chi connectivity index (χ0) is 15.0. The molecule has 2 unspecified atom stereocenters. The maximum atomic E-state index is 9.40. The zero-order valence-electron chi connectivity index (χ0n) is 12.1. The summed E-state index contributed by atoms with van der Waals surface area (Å²) in [6, 6.07) is 14.2. The molecule has 0 spiro atoms. The van der Waals surface area contributed by atoms with E-state index < -0.39 is 0 Å². The van der Waals surface area contributed by atoms with Crippen LogP contribution in [0, 0.1) is 0 Å². The maximum absolute atomic E-state index is 9.40. The molecule has 3 heteroatoms. The molecule has 0 radical (unpaired) electrons. The fraction of sp³-hybridized carbons (Fsp3) is 0.222. The van der Waals surface area contributed by atoms with Crippen molar-refractivity contribution < 1.29 is 14.9 Å². The van der Waals surface area contributed by atoms with Gasteiger partial charge in [0.25, 0.3) is 0 Å². The summed E-state index contributed by atoms with van der Waals surface area (Å²) < 4.78 is 6.20. The van der Waals surface area contributed by atoms with Gasteiger partial charge in [-0.2, -0.15) is 0 Å². The predicted octanol–water partition coefficient (Wildman–Crippen LogP) is 4.25. The molecule has 21 heavy (non-hydrogen) atoms. The number of aromatic hydroxyl groups is 2. The van der Waals surface area contributed by atoms with Crippen molar-refractivity contribution in [2.75, 3.05) is 0 Å². The molecule has 0 aromatic heterocycles. The van der Waals surface area contributed by atoms with E-state index in [2.05, 4.69) is 13.8 Å². The highest BCUT2D eigenvalue weighted by molar-refractivity contribution is 5.40. The quantitative estimate of drug-likeness (QED) is 0.810. The van der Waals surface area contributed by atoms with Crippen LogP contribution < -0.4 is 0 Å². The molecule has 0 bridgehead atoms. The summed E-state index contributed by atoms with van der Waals surface area (Å²) in [7, 11) is 0. The lowest BCUT2D eigenvalue weighted by atomic mass is 9.97. The molecular weight excluding hydrogens is 264 g/mol. The average molecular weight is 282 g/mol. The second-order valence-electron chi connectivity index (χ2n) is 5.45. The highest BCUT2D eigenvalue weighted by Gasteiger charge is 2.31. The van der Waals surface area contributed by atoms with E-state index in [9.17, 15) is 10.2 Å². The predicted molar refractivity (Wildman–Crippen MR) is 81.2 cm³/mol. The van der Waals surface area contributed by atoms with Crippen molar-refractivity contribution in [2.24, 2.45) is 0 Å². The van der Waals surface area contributed by atoms with Gasteiger partial charge in [-0.25, -0.2) is 0 Å². The Bertz CT molecular complexity index is 609. The molecule has 1 aliphatic heterocycles. The number of ether oxygens (including phenoxy) is 1. The van der Waals surface area contributed by atoms with E-state index >= 15 is 0 Å². The Morgan fingerprint density at radius 3 is 1.33 bits per heavy atom. The molecule has 0 fully saturated rings. The molecule has 1 heterocycles. The Balaban J connectivity index is 1.91. The van der Waals surface area contributed by atoms with E-state index in [1.165, 1.54) is 11.1 Å². The van der Waals surface area contributed by atoms with Gasteiger partial charge in [-0.15, -0.1) is 0 Å². The Morgan fingerprint density at radius 1 is 0.667 bits per heavy atom. The molecule has 108 valence electrons. The van der Waals surface area contributed by atoms with Crippen molar-refractivity contribution in [1.29, 1.82) is 0 Å². The number of benzene rings is 2. The van der Waals surface area contributed by atoms with Crippen LogP contribution in [0.4, 0.5) is 0 Å². The topological polar surface area (TPSA) is 49.7 Å². The molecular formula is C18H18O3. The van der Waals surface area contributed by atoms with Crippen LogP contribution in [-0.4, -0.2) is 10.2 Å². The summed E-state index contributed by atoms with van der Waals surface area (Å²) >= 11 is 0. The number of hydrogen-bond donors (Lipinski definition) is 2. The molecule has 0 amide bonds. The molecule has 3 rings (SSSR count). The normalized spacial score (nSPS) is 21.8. The molecule has 0 saturated carbocycles. The van der Waals surface area contributed by atoms with Crippen LogP contribution in [0.5, 0.6) is 11.5 Å². The van der Waals surface area contributed by atoms with E-state index in [4.69, 9.17) is 4.74 Å². The van der Waals surface area contributed by atoms with Crippen LogP contribution in [0.3, 0.4) is 0 Å². The van der Waals surface area contributed by atoms with Gasteiger partial charge in [0, 0.05) is 0 Å². The van der Waals surface area contributed by atoms with Crippen LogP contribution >= 0.6 is 0 Å². The first-order valence-electron chi connectivity index (χ1n) is 6.97. The highest BCUT2D eigenvalue weighted by atomic mass is 16.5. The molecule has 2 aromatic rings. The van der Waals surface area contributed by atoms with Gasteiger partial charge in [0.05, 0.1) is 0 Å². The number of rotatable bonds is 2. The first-order chi connectivity index (χ1) is 10.1. The fourth-order valence-electron chi connectivity index (χ4n) is 2.71. The van der Waals surface area contributed by atoms with Crippen LogP contribution in [-0.2, 0) is 4.74 Å². The second-order valence-corrected chi connectivity index (χ2v) is 5.45. The first kappa shape index (κ1) is 13.7. The van der Waals surface area contributed by atoms with Crippen LogP contribution in [0.25, 0.3) is 0 Å². The maximum Gasteiger partial charge on any atom is 0.115 e. The third-order valence-corrected chi connectivity index (χ3v) is 4.07. The van der Waals surface area contributed by atoms with Gasteiger partial charge in [0.15, 0.2) is 0 Å². The smallest absolute Gasteiger partial charge is 0.115 e. The van der Waals surface area contributed by atoms with Crippen molar-refractivity contribution in [3.63, 3.8) is 0 Å². The third kappa shape index (κ3) is 2.52. The van der Waals surface area contributed by atoms with Gasteiger partial charge in [-0.1, -0.05) is 24.3 Å². The Hall–Kier alpha value is -2.26. The fourth-order valence-corrected chi connectivity index (χ4v) is 2.71. The van der Waals surface area contributed by atoms with Gasteiger partial charge in [-0.3, -0.25) is 0 Å². The van der Waals surface area contributed by atoms with Crippen LogP contribution in [0.1, 0.15) is 37.2 Å². The SMILES string of the molecule is CC1=C(C)C(c2ccc(O)cc2)OC1c1ccc(O)cc1. The van der Waals surface area contributed by atoms with Gasteiger partial charge >= 0.3 is 0 Å². The Labute approximate surface area is 124 Å². The average Bonchev–Trinajstić information content (AvgIpc) is 2.78. The molecule has 2 aromatic carbocycles. The van der Waals surface area contributed by atoms with Gasteiger partial charge in [-0.05, 0) is 60.4 Å². The van der Waals surface area contributed by atoms with E-state index in [1.54, 1.807) is 24.3 Å². The van der Waals surface area contributed by atoms with E-state index in [0.29, 0.717) is 0 Å². The third-order valence-electron chi connectivity index (χ3n) is 4.07. The summed E-state index contributed by atoms with van der Waals surface area (Å²) in [5.41, 5.74) is 4.45. The minimum absolute atomic E-state index is 0.0931. The van der Waals surface area contributed by atoms with Crippen molar-refractivity contribution >= 4 is 0 Å². The van der Waals surface area contributed by atoms with Gasteiger partial charge < -0.3 is 14.9 Å². The van der Waals surface area contributed by atoms with Crippen molar-refractivity contribution in [3.8, 4) is 11.5 Å². The number of phenolic OH excluding ortho intramolecular Hbond substituents is 2. The Kier molecular flexibility index (Phi) is 3.43. The van der Waals surface area contributed by atoms with Crippen molar-refractivity contribution in [3.05, 3.63) is 70.8 Å². The molecule has 1 aliphatic rings. The van der Waals surface area contributed by atoms with Crippen molar-refractivity contribution in [1.82, 2.24) is 0 Å². The summed E-state index contributed by atoms with van der Waals surface area (Å²) in [5, 5.41) is 18.8. The van der Waals surface area contributed by atoms with Crippen LogP contribution in [0.15, 0.2) is 59.7 Å². The van der Waals surface area contributed by atoms with E-state index in [1.807, 2.05) is 24.3 Å². The van der Waals surface area contributed by atoms with E-state index in [-0.39, 0.29) is 23.7 Å². The monoisotopic (exact) mass is 282 g/mol. The minimum Gasteiger partial charge on any atom is -0.508 e. The van der Waals surface area contributed by atoms with Crippen molar-refractivity contribution in [2.45, 2.75) is 26.1 Å². The van der Waals surface area contributed by atoms with Gasteiger partial charge in [0.1, 0.15) is 23.7 Å². The standard InChI is InChI=1S/C18H18O3/c1-11-12(2)18(14-5-9-16(20)10-6-14)21-17(11)13-3-7-15(19)8-4-13/h3-10,17-20H,1-2H3. The Morgan fingerprint density at radius 2 is 1.00 bits per heavy atom. The largest absolute Gasteiger partial charge is 0.508 e.